The topological polar surface area (TPSA) is 80.1 Å². The monoisotopic (exact) mass is 292 g/mol. The Balaban J connectivity index is 2.02. The maximum Gasteiger partial charge on any atom is 0.319 e. The molecule has 2 aromatic rings. The van der Waals surface area contributed by atoms with Crippen LogP contribution in [0.2, 0.25) is 0 Å². The maximum absolute atomic E-state index is 11.4. The number of nitrogens with one attached hydrogen (secondary N) is 2. The Bertz CT molecular complexity index is 649. The number of anilines is 1. The van der Waals surface area contributed by atoms with Gasteiger partial charge in [-0.2, -0.15) is 0 Å². The Kier molecular flexibility index (Phi) is 3.31. The highest BCUT2D eigenvalue weighted by molar-refractivity contribution is 7.16. The van der Waals surface area contributed by atoms with E-state index in [1.54, 1.807) is 11.6 Å². The number of rotatable bonds is 3. The molecule has 1 aliphatic heterocycles. The van der Waals surface area contributed by atoms with Gasteiger partial charge in [0.25, 0.3) is 0 Å². The predicted molar refractivity (Wildman–Crippen MR) is 80.4 cm³/mol. The normalized spacial score (nSPS) is 18.1. The first-order chi connectivity index (χ1) is 9.59. The van der Waals surface area contributed by atoms with Crippen LogP contribution in [0.4, 0.5) is 11.4 Å². The molecule has 1 aromatic carbocycles. The van der Waals surface area contributed by atoms with E-state index in [9.17, 15) is 10.1 Å². The zero-order valence-corrected chi connectivity index (χ0v) is 12.0. The highest BCUT2D eigenvalue weighted by atomic mass is 32.1. The third kappa shape index (κ3) is 2.34. The van der Waals surface area contributed by atoms with Gasteiger partial charge >= 0.3 is 5.69 Å². The van der Waals surface area contributed by atoms with E-state index in [2.05, 4.69) is 22.5 Å². The van der Waals surface area contributed by atoms with Crippen molar-refractivity contribution in [1.82, 2.24) is 10.3 Å². The summed E-state index contributed by atoms with van der Waals surface area (Å²) in [5.74, 6) is 0. The molecule has 3 rings (SSSR count). The van der Waals surface area contributed by atoms with Crippen molar-refractivity contribution in [2.75, 3.05) is 18.4 Å². The fourth-order valence-corrected chi connectivity index (χ4v) is 3.31. The summed E-state index contributed by atoms with van der Waals surface area (Å²) in [5.41, 5.74) is 2.66. The van der Waals surface area contributed by atoms with E-state index in [-0.39, 0.29) is 16.1 Å². The molecule has 0 aliphatic carbocycles. The third-order valence-corrected chi connectivity index (χ3v) is 4.60. The highest BCUT2D eigenvalue weighted by Crippen LogP contribution is 2.36. The number of nitrogens with zero attached hydrogens (tertiary/aromatic N) is 2. The minimum atomic E-state index is -0.338. The Morgan fingerprint density at radius 1 is 1.45 bits per heavy atom. The van der Waals surface area contributed by atoms with Gasteiger partial charge in [-0.05, 0) is 45.0 Å². The van der Waals surface area contributed by atoms with Crippen LogP contribution in [0.15, 0.2) is 17.6 Å². The van der Waals surface area contributed by atoms with E-state index in [0.717, 1.165) is 30.6 Å². The van der Waals surface area contributed by atoms with Crippen LogP contribution in [0.1, 0.15) is 19.8 Å². The standard InChI is InChI=1S/C13H16N4O2S/c1-13(4-6-14-7-5-13)16-9-2-3-10-11(15-8-20-10)12(9)17(18)19/h2-3,8,14,16H,4-7H2,1H3. The van der Waals surface area contributed by atoms with Crippen LogP contribution >= 0.6 is 11.3 Å². The number of nitro benzene ring substituents is 1. The Hall–Kier alpha value is -1.73. The van der Waals surface area contributed by atoms with Crippen molar-refractivity contribution in [3.63, 3.8) is 0 Å². The Morgan fingerprint density at radius 2 is 2.20 bits per heavy atom. The largest absolute Gasteiger partial charge is 0.374 e. The van der Waals surface area contributed by atoms with Gasteiger partial charge in [0.15, 0.2) is 5.52 Å². The molecule has 1 aromatic heterocycles. The summed E-state index contributed by atoms with van der Waals surface area (Å²) in [5, 5.41) is 18.1. The quantitative estimate of drug-likeness (QED) is 0.671. The summed E-state index contributed by atoms with van der Waals surface area (Å²) in [7, 11) is 0. The predicted octanol–water partition coefficient (Wildman–Crippen LogP) is 2.76. The van der Waals surface area contributed by atoms with Gasteiger partial charge in [0.1, 0.15) is 5.69 Å². The first-order valence-corrected chi connectivity index (χ1v) is 7.46. The smallest absolute Gasteiger partial charge is 0.319 e. The molecule has 106 valence electrons. The molecule has 2 heterocycles. The fraction of sp³-hybridized carbons (Fsp3) is 0.462. The minimum absolute atomic E-state index is 0.0866. The molecule has 1 aliphatic rings. The minimum Gasteiger partial charge on any atom is -0.374 e. The number of piperidine rings is 1. The van der Waals surface area contributed by atoms with Crippen molar-refractivity contribution in [2.24, 2.45) is 0 Å². The molecule has 0 saturated carbocycles. The number of aromatic nitrogens is 1. The van der Waals surface area contributed by atoms with E-state index < -0.39 is 0 Å². The van der Waals surface area contributed by atoms with Crippen LogP contribution in [-0.2, 0) is 0 Å². The molecule has 0 spiro atoms. The number of thiazole rings is 1. The lowest BCUT2D eigenvalue weighted by atomic mass is 9.90. The van der Waals surface area contributed by atoms with Crippen molar-refractivity contribution in [3.8, 4) is 0 Å². The number of benzene rings is 1. The second kappa shape index (κ2) is 4.99. The average Bonchev–Trinajstić information content (AvgIpc) is 2.86. The Labute approximate surface area is 120 Å². The number of fused-ring (bicyclic) bond motifs is 1. The molecule has 0 unspecified atom stereocenters. The van der Waals surface area contributed by atoms with Crippen LogP contribution < -0.4 is 10.6 Å². The lowest BCUT2D eigenvalue weighted by Gasteiger charge is -2.35. The maximum atomic E-state index is 11.4. The first kappa shape index (κ1) is 13.3. The lowest BCUT2D eigenvalue weighted by Crippen LogP contribution is -2.45. The van der Waals surface area contributed by atoms with Crippen LogP contribution in [0.5, 0.6) is 0 Å². The van der Waals surface area contributed by atoms with Gasteiger partial charge < -0.3 is 10.6 Å². The molecule has 7 heteroatoms. The van der Waals surface area contributed by atoms with Crippen LogP contribution in [0.25, 0.3) is 10.2 Å². The van der Waals surface area contributed by atoms with Gasteiger partial charge in [-0.15, -0.1) is 11.3 Å². The van der Waals surface area contributed by atoms with Gasteiger partial charge in [-0.3, -0.25) is 10.1 Å². The second-order valence-corrected chi connectivity index (χ2v) is 6.24. The van der Waals surface area contributed by atoms with Crippen molar-refractivity contribution in [2.45, 2.75) is 25.3 Å². The molecule has 1 fully saturated rings. The fourth-order valence-electron chi connectivity index (χ4n) is 2.63. The van der Waals surface area contributed by atoms with Crippen molar-refractivity contribution < 1.29 is 4.92 Å². The van der Waals surface area contributed by atoms with Crippen LogP contribution in [0, 0.1) is 10.1 Å². The first-order valence-electron chi connectivity index (χ1n) is 6.59. The molecule has 20 heavy (non-hydrogen) atoms. The van der Waals surface area contributed by atoms with Gasteiger partial charge in [0.2, 0.25) is 0 Å². The molecule has 6 nitrogen and oxygen atoms in total. The van der Waals surface area contributed by atoms with Crippen LogP contribution in [-0.4, -0.2) is 28.5 Å². The van der Waals surface area contributed by atoms with Crippen molar-refractivity contribution >= 4 is 32.9 Å². The molecule has 0 amide bonds. The lowest BCUT2D eigenvalue weighted by molar-refractivity contribution is -0.382. The van der Waals surface area contributed by atoms with Crippen molar-refractivity contribution in [1.29, 1.82) is 0 Å². The van der Waals surface area contributed by atoms with E-state index in [1.807, 2.05) is 6.07 Å². The molecule has 1 saturated heterocycles. The molecular weight excluding hydrogens is 276 g/mol. The van der Waals surface area contributed by atoms with E-state index in [1.165, 1.54) is 11.3 Å². The van der Waals surface area contributed by atoms with E-state index in [4.69, 9.17) is 0 Å². The summed E-state index contributed by atoms with van der Waals surface area (Å²) in [4.78, 5) is 15.2. The van der Waals surface area contributed by atoms with Gasteiger partial charge in [0.05, 0.1) is 15.1 Å². The molecule has 0 radical (unpaired) electrons. The van der Waals surface area contributed by atoms with E-state index >= 15 is 0 Å². The van der Waals surface area contributed by atoms with Crippen molar-refractivity contribution in [3.05, 3.63) is 27.8 Å². The SMILES string of the molecule is CC1(Nc2ccc3scnc3c2[N+](=O)[O-])CCNCC1. The van der Waals surface area contributed by atoms with Crippen LogP contribution in [0.3, 0.4) is 0 Å². The molecule has 0 bridgehead atoms. The summed E-state index contributed by atoms with van der Waals surface area (Å²) < 4.78 is 0.845. The number of nitro groups is 1. The second-order valence-electron chi connectivity index (χ2n) is 5.35. The number of hydrogen-bond donors (Lipinski definition) is 2. The molecule has 0 atom stereocenters. The third-order valence-electron chi connectivity index (χ3n) is 3.80. The summed E-state index contributed by atoms with van der Waals surface area (Å²) in [6, 6.07) is 3.69. The zero-order valence-electron chi connectivity index (χ0n) is 11.2. The number of hydrogen-bond acceptors (Lipinski definition) is 6. The average molecular weight is 292 g/mol. The summed E-state index contributed by atoms with van der Waals surface area (Å²) in [6.45, 7) is 3.97. The summed E-state index contributed by atoms with van der Waals surface area (Å²) >= 11 is 1.42. The van der Waals surface area contributed by atoms with E-state index in [0.29, 0.717) is 11.2 Å². The van der Waals surface area contributed by atoms with Gasteiger partial charge in [0, 0.05) is 5.54 Å². The Morgan fingerprint density at radius 3 is 2.90 bits per heavy atom. The van der Waals surface area contributed by atoms with Gasteiger partial charge in [-0.25, -0.2) is 4.98 Å². The highest BCUT2D eigenvalue weighted by Gasteiger charge is 2.30. The summed E-state index contributed by atoms with van der Waals surface area (Å²) in [6.07, 6.45) is 1.89. The zero-order chi connectivity index (χ0) is 14.2. The molecular formula is C13H16N4O2S. The van der Waals surface area contributed by atoms with Gasteiger partial charge in [-0.1, -0.05) is 0 Å². The molecule has 2 N–H and O–H groups in total.